The molecule has 0 radical (unpaired) electrons. The van der Waals surface area contributed by atoms with E-state index in [9.17, 15) is 4.79 Å². The van der Waals surface area contributed by atoms with Crippen LogP contribution < -0.4 is 5.32 Å². The zero-order valence-electron chi connectivity index (χ0n) is 10.1. The highest BCUT2D eigenvalue weighted by atomic mass is 16.5. The first-order valence-corrected chi connectivity index (χ1v) is 5.99. The molecule has 1 aliphatic rings. The molecule has 1 fully saturated rings. The first kappa shape index (κ1) is 12.1. The molecule has 17 heavy (non-hydrogen) atoms. The third kappa shape index (κ3) is 3.31. The Labute approximate surface area is 101 Å². The largest absolute Gasteiger partial charge is 0.378 e. The number of ether oxygens (including phenoxy) is 1. The molecule has 94 valence electrons. The molecule has 0 bridgehead atoms. The number of hydrogen-bond donors (Lipinski definition) is 2. The second kappa shape index (κ2) is 5.84. The minimum absolute atomic E-state index is 0.153. The zero-order chi connectivity index (χ0) is 12.1. The predicted octanol–water partition coefficient (Wildman–Crippen LogP) is 0.352. The number of hydrogen-bond acceptors (Lipinski definition) is 3. The minimum atomic E-state index is -0.156. The van der Waals surface area contributed by atoms with Gasteiger partial charge in [0.1, 0.15) is 0 Å². The minimum Gasteiger partial charge on any atom is -0.378 e. The Morgan fingerprint density at radius 2 is 2.35 bits per heavy atom. The number of amides is 1. The lowest BCUT2D eigenvalue weighted by molar-refractivity contribution is -0.137. The summed E-state index contributed by atoms with van der Waals surface area (Å²) in [6, 6.07) is 3.79. The van der Waals surface area contributed by atoms with Crippen molar-refractivity contribution in [1.29, 1.82) is 0 Å². The average Bonchev–Trinajstić information content (AvgIpc) is 2.89. The maximum atomic E-state index is 12.1. The van der Waals surface area contributed by atoms with Gasteiger partial charge in [0.25, 0.3) is 0 Å². The number of aromatic amines is 1. The Hall–Kier alpha value is -1.33. The SMILES string of the molecule is CC(NCc1ccc[nH]1)C(=O)N1CCOCC1. The summed E-state index contributed by atoms with van der Waals surface area (Å²) in [4.78, 5) is 17.0. The van der Waals surface area contributed by atoms with Gasteiger partial charge in [-0.1, -0.05) is 0 Å². The fraction of sp³-hybridized carbons (Fsp3) is 0.583. The van der Waals surface area contributed by atoms with Crippen LogP contribution in [-0.4, -0.2) is 48.1 Å². The van der Waals surface area contributed by atoms with Gasteiger partial charge in [-0.2, -0.15) is 0 Å². The molecule has 0 saturated carbocycles. The molecule has 0 aromatic carbocycles. The quantitative estimate of drug-likeness (QED) is 0.794. The summed E-state index contributed by atoms with van der Waals surface area (Å²) in [6.07, 6.45) is 1.88. The molecule has 2 heterocycles. The van der Waals surface area contributed by atoms with Crippen LogP contribution in [-0.2, 0) is 16.1 Å². The average molecular weight is 237 g/mol. The second-order valence-electron chi connectivity index (χ2n) is 4.24. The lowest BCUT2D eigenvalue weighted by atomic mass is 10.2. The molecule has 1 aromatic heterocycles. The summed E-state index contributed by atoms with van der Waals surface area (Å²) < 4.78 is 5.23. The first-order chi connectivity index (χ1) is 8.27. The van der Waals surface area contributed by atoms with E-state index in [2.05, 4.69) is 10.3 Å². The standard InChI is InChI=1S/C12H19N3O2/c1-10(14-9-11-3-2-4-13-11)12(16)15-5-7-17-8-6-15/h2-4,10,13-14H,5-9H2,1H3. The first-order valence-electron chi connectivity index (χ1n) is 5.99. The molecule has 0 aliphatic carbocycles. The lowest BCUT2D eigenvalue weighted by Gasteiger charge is -2.29. The van der Waals surface area contributed by atoms with Gasteiger partial charge in [-0.15, -0.1) is 0 Å². The number of aromatic nitrogens is 1. The molecule has 1 aromatic rings. The van der Waals surface area contributed by atoms with Gasteiger partial charge < -0.3 is 19.9 Å². The van der Waals surface area contributed by atoms with Crippen LogP contribution in [0.3, 0.4) is 0 Å². The van der Waals surface area contributed by atoms with Crippen LogP contribution in [0.1, 0.15) is 12.6 Å². The van der Waals surface area contributed by atoms with Crippen LogP contribution in [0.15, 0.2) is 18.3 Å². The van der Waals surface area contributed by atoms with E-state index in [1.165, 1.54) is 0 Å². The normalized spacial score (nSPS) is 18.1. The molecular formula is C12H19N3O2. The number of morpholine rings is 1. The van der Waals surface area contributed by atoms with Gasteiger partial charge in [0, 0.05) is 31.5 Å². The summed E-state index contributed by atoms with van der Waals surface area (Å²) in [7, 11) is 0. The van der Waals surface area contributed by atoms with Crippen molar-refractivity contribution >= 4 is 5.91 Å². The van der Waals surface area contributed by atoms with Gasteiger partial charge >= 0.3 is 0 Å². The summed E-state index contributed by atoms with van der Waals surface area (Å²) in [5, 5.41) is 3.22. The van der Waals surface area contributed by atoms with Gasteiger partial charge in [-0.05, 0) is 19.1 Å². The molecule has 0 spiro atoms. The third-order valence-electron chi connectivity index (χ3n) is 2.95. The van der Waals surface area contributed by atoms with Crippen molar-refractivity contribution < 1.29 is 9.53 Å². The molecule has 5 heteroatoms. The van der Waals surface area contributed by atoms with Crippen molar-refractivity contribution in [1.82, 2.24) is 15.2 Å². The summed E-state index contributed by atoms with van der Waals surface area (Å²) in [6.45, 7) is 5.29. The van der Waals surface area contributed by atoms with E-state index in [0.717, 1.165) is 5.69 Å². The van der Waals surface area contributed by atoms with Crippen molar-refractivity contribution in [2.24, 2.45) is 0 Å². The van der Waals surface area contributed by atoms with Gasteiger partial charge in [-0.3, -0.25) is 4.79 Å². The monoisotopic (exact) mass is 237 g/mol. The van der Waals surface area contributed by atoms with Crippen LogP contribution >= 0.6 is 0 Å². The maximum Gasteiger partial charge on any atom is 0.239 e. The molecule has 1 unspecified atom stereocenters. The molecule has 5 nitrogen and oxygen atoms in total. The number of nitrogens with zero attached hydrogens (tertiary/aromatic N) is 1. The highest BCUT2D eigenvalue weighted by Crippen LogP contribution is 2.01. The van der Waals surface area contributed by atoms with Gasteiger partial charge in [0.2, 0.25) is 5.91 Å². The predicted molar refractivity (Wildman–Crippen MR) is 64.5 cm³/mol. The Morgan fingerprint density at radius 1 is 1.59 bits per heavy atom. The number of rotatable bonds is 4. The third-order valence-corrected chi connectivity index (χ3v) is 2.95. The van der Waals surface area contributed by atoms with E-state index in [-0.39, 0.29) is 11.9 Å². The molecule has 1 amide bonds. The number of carbonyl (C=O) groups excluding carboxylic acids is 1. The van der Waals surface area contributed by atoms with E-state index in [1.54, 1.807) is 0 Å². The molecule has 2 N–H and O–H groups in total. The highest BCUT2D eigenvalue weighted by molar-refractivity contribution is 5.81. The van der Waals surface area contributed by atoms with Crippen molar-refractivity contribution in [3.05, 3.63) is 24.0 Å². The van der Waals surface area contributed by atoms with Crippen molar-refractivity contribution in [3.8, 4) is 0 Å². The van der Waals surface area contributed by atoms with Crippen LogP contribution in [0.4, 0.5) is 0 Å². The van der Waals surface area contributed by atoms with Gasteiger partial charge in [-0.25, -0.2) is 0 Å². The van der Waals surface area contributed by atoms with Gasteiger partial charge in [0.05, 0.1) is 19.3 Å². The molecule has 2 rings (SSSR count). The zero-order valence-corrected chi connectivity index (χ0v) is 10.1. The van der Waals surface area contributed by atoms with Crippen molar-refractivity contribution in [2.75, 3.05) is 26.3 Å². The number of H-pyrrole nitrogens is 1. The van der Waals surface area contributed by atoms with Crippen LogP contribution in [0.25, 0.3) is 0 Å². The maximum absolute atomic E-state index is 12.1. The second-order valence-corrected chi connectivity index (χ2v) is 4.24. The Bertz CT molecular complexity index is 345. The van der Waals surface area contributed by atoms with Crippen molar-refractivity contribution in [3.63, 3.8) is 0 Å². The topological polar surface area (TPSA) is 57.4 Å². The Balaban J connectivity index is 1.78. The van der Waals surface area contributed by atoms with E-state index in [0.29, 0.717) is 32.8 Å². The highest BCUT2D eigenvalue weighted by Gasteiger charge is 2.21. The van der Waals surface area contributed by atoms with E-state index < -0.39 is 0 Å². The molecular weight excluding hydrogens is 218 g/mol. The fourth-order valence-electron chi connectivity index (χ4n) is 1.89. The number of carbonyl (C=O) groups is 1. The van der Waals surface area contributed by atoms with E-state index in [1.807, 2.05) is 30.2 Å². The van der Waals surface area contributed by atoms with Gasteiger partial charge in [0.15, 0.2) is 0 Å². The van der Waals surface area contributed by atoms with E-state index in [4.69, 9.17) is 4.74 Å². The summed E-state index contributed by atoms with van der Waals surface area (Å²) in [5.41, 5.74) is 1.09. The molecule has 1 atom stereocenters. The lowest BCUT2D eigenvalue weighted by Crippen LogP contribution is -2.49. The van der Waals surface area contributed by atoms with E-state index >= 15 is 0 Å². The van der Waals surface area contributed by atoms with Crippen molar-refractivity contribution in [2.45, 2.75) is 19.5 Å². The van der Waals surface area contributed by atoms with Crippen LogP contribution in [0.2, 0.25) is 0 Å². The number of nitrogens with one attached hydrogen (secondary N) is 2. The summed E-state index contributed by atoms with van der Waals surface area (Å²) in [5.74, 6) is 0.153. The van der Waals surface area contributed by atoms with Crippen LogP contribution in [0.5, 0.6) is 0 Å². The molecule has 1 saturated heterocycles. The Morgan fingerprint density at radius 3 is 3.00 bits per heavy atom. The smallest absolute Gasteiger partial charge is 0.239 e. The Kier molecular flexibility index (Phi) is 4.17. The molecule has 1 aliphatic heterocycles. The fourth-order valence-corrected chi connectivity index (χ4v) is 1.89. The summed E-state index contributed by atoms with van der Waals surface area (Å²) >= 11 is 0. The van der Waals surface area contributed by atoms with Crippen LogP contribution in [0, 0.1) is 0 Å².